The van der Waals surface area contributed by atoms with Crippen LogP contribution in [0.1, 0.15) is 32.5 Å². The van der Waals surface area contributed by atoms with Gasteiger partial charge in [-0.15, -0.1) is 11.3 Å². The Labute approximate surface area is 229 Å². The molecule has 5 rings (SSSR count). The molecule has 0 bridgehead atoms. The van der Waals surface area contributed by atoms with Gasteiger partial charge in [-0.1, -0.05) is 48.0 Å². The van der Waals surface area contributed by atoms with Gasteiger partial charge in [0, 0.05) is 28.0 Å². The maximum Gasteiger partial charge on any atom is 0.360 e. The molecule has 3 aromatic carbocycles. The van der Waals surface area contributed by atoms with E-state index in [9.17, 15) is 22.9 Å². The number of carboxylic acid groups (broad SMARTS) is 1. The number of thiazole rings is 1. The minimum atomic E-state index is -4.73. The number of nitrogens with zero attached hydrogens (tertiary/aromatic N) is 2. The van der Waals surface area contributed by atoms with Gasteiger partial charge in [0.15, 0.2) is 0 Å². The Morgan fingerprint density at radius 1 is 1.08 bits per heavy atom. The van der Waals surface area contributed by atoms with Crippen molar-refractivity contribution in [1.82, 2.24) is 9.97 Å². The standard InChI is InChI=1S/C28H26N4O5S2/c1-17-6-12-21(13-7-17)32(39(35,36)37)25(14-20-15-30-23-5-3-2-4-22(20)23)26(29)27-31-24(16-38-27)18-8-10-19(11-9-18)28(33)34/h2-13,15-16,25-26,30H,14,29H2,1H3,(H,33,34)(H,35,36,37)/t25-,26-/m0/s1. The summed E-state index contributed by atoms with van der Waals surface area (Å²) in [6.45, 7) is 1.89. The number of aromatic carboxylic acids is 1. The number of hydrogen-bond donors (Lipinski definition) is 4. The highest BCUT2D eigenvalue weighted by Gasteiger charge is 2.36. The van der Waals surface area contributed by atoms with Crippen molar-refractivity contribution in [1.29, 1.82) is 0 Å². The topological polar surface area (TPSA) is 150 Å². The Balaban J connectivity index is 1.57. The van der Waals surface area contributed by atoms with Crippen LogP contribution in [0.15, 0.2) is 84.4 Å². The maximum atomic E-state index is 12.9. The number of para-hydroxylation sites is 1. The molecule has 5 N–H and O–H groups in total. The zero-order valence-corrected chi connectivity index (χ0v) is 22.5. The number of fused-ring (bicyclic) bond motifs is 1. The maximum absolute atomic E-state index is 12.9. The lowest BCUT2D eigenvalue weighted by Crippen LogP contribution is -2.47. The molecule has 0 aliphatic rings. The fourth-order valence-electron chi connectivity index (χ4n) is 4.59. The smallest absolute Gasteiger partial charge is 0.360 e. The van der Waals surface area contributed by atoms with E-state index in [4.69, 9.17) is 5.73 Å². The largest absolute Gasteiger partial charge is 0.478 e. The number of H-pyrrole nitrogens is 1. The molecule has 2 heterocycles. The number of aryl methyl sites for hydroxylation is 1. The monoisotopic (exact) mass is 562 g/mol. The number of aromatic amines is 1. The first-order valence-electron chi connectivity index (χ1n) is 12.0. The molecule has 0 fully saturated rings. The van der Waals surface area contributed by atoms with Crippen molar-refractivity contribution in [2.45, 2.75) is 25.4 Å². The van der Waals surface area contributed by atoms with Crippen LogP contribution in [0.4, 0.5) is 5.69 Å². The summed E-state index contributed by atoms with van der Waals surface area (Å²) in [5.41, 5.74) is 11.2. The third kappa shape index (κ3) is 5.57. The number of hydrogen-bond acceptors (Lipinski definition) is 6. The molecule has 2 atom stereocenters. The molecule has 0 saturated carbocycles. The molecule has 0 radical (unpaired) electrons. The minimum absolute atomic E-state index is 0.159. The third-order valence-electron chi connectivity index (χ3n) is 6.59. The molecule has 0 spiro atoms. The molecule has 0 aliphatic heterocycles. The fraction of sp³-hybridized carbons (Fsp3) is 0.143. The van der Waals surface area contributed by atoms with Crippen LogP contribution in [0.25, 0.3) is 22.2 Å². The summed E-state index contributed by atoms with van der Waals surface area (Å²) >= 11 is 1.27. The van der Waals surface area contributed by atoms with Crippen LogP contribution in [-0.2, 0) is 16.7 Å². The average Bonchev–Trinajstić information content (AvgIpc) is 3.56. The summed E-state index contributed by atoms with van der Waals surface area (Å²) in [6.07, 6.45) is 2.01. The Bertz CT molecular complexity index is 1730. The summed E-state index contributed by atoms with van der Waals surface area (Å²) in [6, 6.07) is 19.0. The zero-order chi connectivity index (χ0) is 27.7. The molecule has 9 nitrogen and oxygen atoms in total. The summed E-state index contributed by atoms with van der Waals surface area (Å²) in [5, 5.41) is 12.4. The first-order chi connectivity index (χ1) is 18.6. The number of rotatable bonds is 9. The van der Waals surface area contributed by atoms with Gasteiger partial charge in [-0.25, -0.2) is 14.1 Å². The zero-order valence-electron chi connectivity index (χ0n) is 20.9. The van der Waals surface area contributed by atoms with Crippen molar-refractivity contribution in [3.8, 4) is 11.3 Å². The lowest BCUT2D eigenvalue weighted by Gasteiger charge is -2.33. The molecule has 5 aromatic rings. The second-order valence-electron chi connectivity index (χ2n) is 9.22. The van der Waals surface area contributed by atoms with E-state index in [0.29, 0.717) is 16.3 Å². The highest BCUT2D eigenvalue weighted by molar-refractivity contribution is 7.87. The van der Waals surface area contributed by atoms with Crippen molar-refractivity contribution in [3.05, 3.63) is 106 Å². The molecule has 0 amide bonds. The van der Waals surface area contributed by atoms with E-state index in [0.717, 1.165) is 26.3 Å². The number of anilines is 1. The number of carbonyl (C=O) groups is 1. The second kappa shape index (κ2) is 10.6. The Morgan fingerprint density at radius 3 is 2.44 bits per heavy atom. The predicted octanol–water partition coefficient (Wildman–Crippen LogP) is 5.22. The highest BCUT2D eigenvalue weighted by atomic mass is 32.2. The second-order valence-corrected chi connectivity index (χ2v) is 11.4. The van der Waals surface area contributed by atoms with Crippen molar-refractivity contribution in [2.75, 3.05) is 4.31 Å². The SMILES string of the molecule is Cc1ccc(N([C@@H](Cc2c[nH]c3ccccc23)[C@H](N)c2nc(-c3ccc(C(=O)O)cc3)cs2)S(=O)(=O)O)cc1. The molecule has 0 unspecified atom stereocenters. The van der Waals surface area contributed by atoms with E-state index in [1.807, 2.05) is 37.4 Å². The first kappa shape index (κ1) is 26.6. The lowest BCUT2D eigenvalue weighted by atomic mass is 9.99. The van der Waals surface area contributed by atoms with Gasteiger partial charge in [0.1, 0.15) is 5.01 Å². The van der Waals surface area contributed by atoms with Crippen LogP contribution in [-0.4, -0.2) is 40.1 Å². The normalized spacial score (nSPS) is 13.3. The summed E-state index contributed by atoms with van der Waals surface area (Å²) in [7, 11) is -4.73. The number of carboxylic acids is 1. The predicted molar refractivity (Wildman–Crippen MR) is 152 cm³/mol. The van der Waals surface area contributed by atoms with E-state index in [1.165, 1.54) is 23.5 Å². The Kier molecular flexibility index (Phi) is 7.23. The summed E-state index contributed by atoms with van der Waals surface area (Å²) in [4.78, 5) is 19.1. The number of benzene rings is 3. The molecule has 2 aromatic heterocycles. The third-order valence-corrected chi connectivity index (χ3v) is 8.52. The quantitative estimate of drug-likeness (QED) is 0.180. The minimum Gasteiger partial charge on any atom is -0.478 e. The highest BCUT2D eigenvalue weighted by Crippen LogP contribution is 2.34. The molecule has 0 aliphatic carbocycles. The lowest BCUT2D eigenvalue weighted by molar-refractivity contribution is 0.0697. The average molecular weight is 563 g/mol. The van der Waals surface area contributed by atoms with Gasteiger partial charge in [0.05, 0.1) is 29.0 Å². The van der Waals surface area contributed by atoms with Crippen LogP contribution in [0.5, 0.6) is 0 Å². The summed E-state index contributed by atoms with van der Waals surface area (Å²) in [5.74, 6) is -1.02. The van der Waals surface area contributed by atoms with Gasteiger partial charge in [-0.2, -0.15) is 8.42 Å². The van der Waals surface area contributed by atoms with Crippen molar-refractivity contribution < 1.29 is 22.9 Å². The van der Waals surface area contributed by atoms with Crippen LogP contribution >= 0.6 is 11.3 Å². The van der Waals surface area contributed by atoms with Gasteiger partial charge >= 0.3 is 16.3 Å². The van der Waals surface area contributed by atoms with Gasteiger partial charge in [-0.3, -0.25) is 4.55 Å². The van der Waals surface area contributed by atoms with Gasteiger partial charge < -0.3 is 15.8 Å². The van der Waals surface area contributed by atoms with E-state index in [1.54, 1.807) is 41.8 Å². The molecule has 11 heteroatoms. The van der Waals surface area contributed by atoms with Crippen LogP contribution in [0.3, 0.4) is 0 Å². The van der Waals surface area contributed by atoms with E-state index in [-0.39, 0.29) is 17.7 Å². The number of nitrogens with one attached hydrogen (secondary N) is 1. The van der Waals surface area contributed by atoms with Crippen molar-refractivity contribution in [3.63, 3.8) is 0 Å². The Hall–Kier alpha value is -4.03. The van der Waals surface area contributed by atoms with Crippen molar-refractivity contribution in [2.24, 2.45) is 5.73 Å². The van der Waals surface area contributed by atoms with E-state index >= 15 is 0 Å². The van der Waals surface area contributed by atoms with Gasteiger partial charge in [0.2, 0.25) is 0 Å². The molecule has 0 saturated heterocycles. The molecular weight excluding hydrogens is 536 g/mol. The number of aromatic nitrogens is 2. The van der Waals surface area contributed by atoms with E-state index in [2.05, 4.69) is 9.97 Å². The van der Waals surface area contributed by atoms with Crippen LogP contribution in [0, 0.1) is 6.92 Å². The van der Waals surface area contributed by atoms with Crippen molar-refractivity contribution >= 4 is 44.2 Å². The first-order valence-corrected chi connectivity index (χ1v) is 14.3. The molecule has 200 valence electrons. The molecule has 39 heavy (non-hydrogen) atoms. The number of nitrogens with two attached hydrogens (primary N) is 1. The summed E-state index contributed by atoms with van der Waals surface area (Å²) < 4.78 is 37.1. The fourth-order valence-corrected chi connectivity index (χ4v) is 6.41. The molecular formula is C28H26N4O5S2. The van der Waals surface area contributed by atoms with E-state index < -0.39 is 28.4 Å². The van der Waals surface area contributed by atoms with Crippen LogP contribution < -0.4 is 10.0 Å². The Morgan fingerprint density at radius 2 is 1.77 bits per heavy atom. The van der Waals surface area contributed by atoms with Gasteiger partial charge in [0.25, 0.3) is 0 Å². The van der Waals surface area contributed by atoms with Crippen LogP contribution in [0.2, 0.25) is 0 Å². The van der Waals surface area contributed by atoms with Gasteiger partial charge in [-0.05, 0) is 49.2 Å².